The van der Waals surface area contributed by atoms with Gasteiger partial charge in [-0.25, -0.2) is 0 Å². The molecule has 0 N–H and O–H groups in total. The van der Waals surface area contributed by atoms with Crippen LogP contribution >= 0.6 is 7.26 Å². The molecule has 0 aromatic rings. The zero-order chi connectivity index (χ0) is 18.6. The van der Waals surface area contributed by atoms with Gasteiger partial charge in [0.25, 0.3) is 0 Å². The molecule has 0 aliphatic rings. The van der Waals surface area contributed by atoms with Crippen LogP contribution < -0.4 is 24.0 Å². The van der Waals surface area contributed by atoms with Crippen LogP contribution in [0.15, 0.2) is 0 Å². The molecule has 0 spiro atoms. The van der Waals surface area contributed by atoms with E-state index in [-0.39, 0.29) is 24.0 Å². The molecule has 154 valence electrons. The Balaban J connectivity index is 0. The van der Waals surface area contributed by atoms with Crippen molar-refractivity contribution in [3.05, 3.63) is 0 Å². The molecule has 0 atom stereocenters. The molecule has 0 aromatic carbocycles. The Morgan fingerprint density at radius 3 is 1.04 bits per heavy atom. The van der Waals surface area contributed by atoms with Crippen molar-refractivity contribution in [2.75, 3.05) is 24.6 Å². The van der Waals surface area contributed by atoms with E-state index < -0.39 is 7.26 Å². The maximum Gasteiger partial charge on any atom is 0.0622 e. The van der Waals surface area contributed by atoms with Crippen LogP contribution in [0.5, 0.6) is 0 Å². The van der Waals surface area contributed by atoms with Crippen molar-refractivity contribution in [1.29, 1.82) is 0 Å². The molecule has 2 heteroatoms. The monoisotopic (exact) mass is 484 g/mol. The predicted octanol–water partition coefficient (Wildman–Crippen LogP) is 5.36. The lowest BCUT2D eigenvalue weighted by atomic mass is 10.1. The van der Waals surface area contributed by atoms with Gasteiger partial charge in [-0.15, -0.1) is 0 Å². The first kappa shape index (κ1) is 28.4. The molecule has 0 nitrogen and oxygen atoms in total. The van der Waals surface area contributed by atoms with E-state index in [1.54, 1.807) is 24.6 Å². The lowest BCUT2D eigenvalue weighted by Crippen LogP contribution is -3.00. The molecule has 0 aromatic heterocycles. The maximum absolute atomic E-state index is 2.43. The van der Waals surface area contributed by atoms with Crippen LogP contribution in [0.1, 0.15) is 100 Å². The third-order valence-electron chi connectivity index (χ3n) is 6.58. The molecule has 0 heterocycles. The van der Waals surface area contributed by atoms with Gasteiger partial charge >= 0.3 is 0 Å². The molecule has 0 aliphatic heterocycles. The first-order valence-corrected chi connectivity index (χ1v) is 13.8. The Morgan fingerprint density at radius 1 is 0.560 bits per heavy atom. The average Bonchev–Trinajstić information content (AvgIpc) is 2.60. The van der Waals surface area contributed by atoms with E-state index in [9.17, 15) is 0 Å². The van der Waals surface area contributed by atoms with E-state index in [1.165, 1.54) is 44.9 Å². The SMILES string of the molecule is CCC(CC)C[P+](CCC(C)C)(CC(CC)CC)CC(CC)CC.[I-]. The van der Waals surface area contributed by atoms with E-state index in [4.69, 9.17) is 0 Å². The first-order chi connectivity index (χ1) is 11.4. The van der Waals surface area contributed by atoms with E-state index in [1.807, 2.05) is 0 Å². The molecule has 0 rings (SSSR count). The fraction of sp³-hybridized carbons (Fsp3) is 1.00. The van der Waals surface area contributed by atoms with Gasteiger partial charge in [0.1, 0.15) is 0 Å². The van der Waals surface area contributed by atoms with Crippen LogP contribution in [0.2, 0.25) is 0 Å². The Kier molecular flexibility index (Phi) is 18.3. The van der Waals surface area contributed by atoms with Gasteiger partial charge in [0, 0.05) is 7.26 Å². The van der Waals surface area contributed by atoms with Crippen molar-refractivity contribution >= 4 is 7.26 Å². The number of hydrogen-bond acceptors (Lipinski definition) is 0. The highest BCUT2D eigenvalue weighted by atomic mass is 127. The van der Waals surface area contributed by atoms with Crippen LogP contribution in [0.25, 0.3) is 0 Å². The third kappa shape index (κ3) is 11.6. The minimum absolute atomic E-state index is 0. The fourth-order valence-corrected chi connectivity index (χ4v) is 11.2. The van der Waals surface area contributed by atoms with Gasteiger partial charge in [-0.3, -0.25) is 0 Å². The van der Waals surface area contributed by atoms with Crippen molar-refractivity contribution in [3.63, 3.8) is 0 Å². The molecule has 0 amide bonds. The minimum Gasteiger partial charge on any atom is -1.00 e. The van der Waals surface area contributed by atoms with Crippen molar-refractivity contribution < 1.29 is 24.0 Å². The van der Waals surface area contributed by atoms with Crippen molar-refractivity contribution in [3.8, 4) is 0 Å². The molecule has 0 fully saturated rings. The summed E-state index contributed by atoms with van der Waals surface area (Å²) in [4.78, 5) is 0. The Labute approximate surface area is 179 Å². The summed E-state index contributed by atoms with van der Waals surface area (Å²) < 4.78 is 0. The molecular formula is C23H50IP. The first-order valence-electron chi connectivity index (χ1n) is 11.2. The molecule has 0 saturated heterocycles. The summed E-state index contributed by atoms with van der Waals surface area (Å²) in [6.45, 7) is 19.4. The van der Waals surface area contributed by atoms with E-state index in [0.29, 0.717) is 0 Å². The summed E-state index contributed by atoms with van der Waals surface area (Å²) >= 11 is 0. The largest absolute Gasteiger partial charge is 1.00 e. The van der Waals surface area contributed by atoms with E-state index >= 15 is 0 Å². The Morgan fingerprint density at radius 2 is 0.840 bits per heavy atom. The van der Waals surface area contributed by atoms with Gasteiger partial charge < -0.3 is 24.0 Å². The van der Waals surface area contributed by atoms with Gasteiger partial charge in [0.2, 0.25) is 0 Å². The van der Waals surface area contributed by atoms with Crippen LogP contribution in [0.3, 0.4) is 0 Å². The number of halogens is 1. The second-order valence-electron chi connectivity index (χ2n) is 8.84. The van der Waals surface area contributed by atoms with Crippen LogP contribution in [-0.4, -0.2) is 24.6 Å². The quantitative estimate of drug-likeness (QED) is 0.217. The fourth-order valence-electron chi connectivity index (χ4n) is 4.31. The molecule has 0 radical (unpaired) electrons. The predicted molar refractivity (Wildman–Crippen MR) is 118 cm³/mol. The lowest BCUT2D eigenvalue weighted by molar-refractivity contribution is -0.00000587. The van der Waals surface area contributed by atoms with Crippen LogP contribution in [-0.2, 0) is 0 Å². The Hall–Kier alpha value is 1.16. The maximum atomic E-state index is 2.43. The highest BCUT2D eigenvalue weighted by Crippen LogP contribution is 2.64. The van der Waals surface area contributed by atoms with Crippen molar-refractivity contribution in [2.24, 2.45) is 23.7 Å². The highest BCUT2D eigenvalue weighted by Gasteiger charge is 2.41. The number of rotatable bonds is 15. The van der Waals surface area contributed by atoms with Crippen LogP contribution in [0.4, 0.5) is 0 Å². The molecule has 0 bridgehead atoms. The summed E-state index contributed by atoms with van der Waals surface area (Å²) in [6.07, 6.45) is 16.2. The molecule has 0 aliphatic carbocycles. The van der Waals surface area contributed by atoms with Crippen molar-refractivity contribution in [2.45, 2.75) is 100 Å². The highest BCUT2D eigenvalue weighted by molar-refractivity contribution is 7.75. The summed E-state index contributed by atoms with van der Waals surface area (Å²) in [6, 6.07) is 0. The molecule has 0 unspecified atom stereocenters. The minimum atomic E-state index is -0.818. The van der Waals surface area contributed by atoms with Gasteiger partial charge in [-0.2, -0.15) is 0 Å². The van der Waals surface area contributed by atoms with Gasteiger partial charge in [-0.1, -0.05) is 55.4 Å². The number of hydrogen-bond donors (Lipinski definition) is 0. The summed E-state index contributed by atoms with van der Waals surface area (Å²) in [5.41, 5.74) is 0. The standard InChI is InChI=1S/C23H50P.HI/c1-9-21(10-2)17-24(16-15-20(7)8,18-22(11-3)12-4)19-23(13-5)14-6;/h20-23H,9-19H2,1-8H3;1H/q+1;/p-1. The second-order valence-corrected chi connectivity index (χ2v) is 13.1. The summed E-state index contributed by atoms with van der Waals surface area (Å²) in [5, 5.41) is 0. The van der Waals surface area contributed by atoms with Gasteiger partial charge in [0.15, 0.2) is 0 Å². The van der Waals surface area contributed by atoms with E-state index in [2.05, 4.69) is 55.4 Å². The molecule has 25 heavy (non-hydrogen) atoms. The normalized spacial score (nSPS) is 12.5. The Bertz CT molecular complexity index is 242. The zero-order valence-electron chi connectivity index (χ0n) is 18.9. The van der Waals surface area contributed by atoms with Gasteiger partial charge in [0.05, 0.1) is 24.6 Å². The summed E-state index contributed by atoms with van der Waals surface area (Å²) in [5.74, 6) is 3.81. The smallest absolute Gasteiger partial charge is 0.0622 e. The zero-order valence-corrected chi connectivity index (χ0v) is 22.0. The second kappa shape index (κ2) is 16.1. The average molecular weight is 485 g/mol. The lowest BCUT2D eigenvalue weighted by Gasteiger charge is -2.36. The van der Waals surface area contributed by atoms with Gasteiger partial charge in [-0.05, 0) is 68.6 Å². The molecular weight excluding hydrogens is 434 g/mol. The van der Waals surface area contributed by atoms with Crippen molar-refractivity contribution in [1.82, 2.24) is 0 Å². The molecule has 0 saturated carbocycles. The summed E-state index contributed by atoms with van der Waals surface area (Å²) in [7, 11) is -0.818. The third-order valence-corrected chi connectivity index (χ3v) is 11.7. The van der Waals surface area contributed by atoms with E-state index in [0.717, 1.165) is 23.7 Å². The van der Waals surface area contributed by atoms with Crippen LogP contribution in [0, 0.1) is 23.7 Å². The topological polar surface area (TPSA) is 0 Å².